The normalized spacial score (nSPS) is 62.6. The number of hydrogen-bond acceptors (Lipinski definition) is 6. The molecule has 0 radical (unpaired) electrons. The van der Waals surface area contributed by atoms with E-state index in [1.807, 2.05) is 0 Å². The summed E-state index contributed by atoms with van der Waals surface area (Å²) >= 11 is 0. The summed E-state index contributed by atoms with van der Waals surface area (Å²) in [6.45, 7) is 7.81. The number of epoxide rings is 4. The summed E-state index contributed by atoms with van der Waals surface area (Å²) in [6.07, 6.45) is 3.97. The van der Waals surface area contributed by atoms with E-state index in [2.05, 4.69) is 26.8 Å². The second-order valence-electron chi connectivity index (χ2n) is 10.1. The van der Waals surface area contributed by atoms with Crippen molar-refractivity contribution in [3.8, 4) is 0 Å². The zero-order chi connectivity index (χ0) is 18.2. The van der Waals surface area contributed by atoms with Gasteiger partial charge in [0.2, 0.25) is 0 Å². The lowest BCUT2D eigenvalue weighted by molar-refractivity contribution is -0.136. The standard InChI is InChI=1S/C21H22O6/c1-9(2)19-14(26-19)15-21(27-15)17(3)5-4-10-11(7-23-16(10)22)12(17)6-13-20(21,25-13)18(19)8-24-18/h6,9,13-15H,4-5,7-8H2,1-3H3/t13-,14-,15-,17-,18-,19-,20?,21?/m0/s1. The van der Waals surface area contributed by atoms with E-state index in [0.29, 0.717) is 19.1 Å². The van der Waals surface area contributed by atoms with E-state index >= 15 is 0 Å². The zero-order valence-electron chi connectivity index (χ0n) is 15.7. The molecule has 0 aromatic heterocycles. The molecule has 6 nitrogen and oxygen atoms in total. The summed E-state index contributed by atoms with van der Waals surface area (Å²) in [6, 6.07) is 0. The third-order valence-electron chi connectivity index (χ3n) is 9.24. The molecular weight excluding hydrogens is 348 g/mol. The summed E-state index contributed by atoms with van der Waals surface area (Å²) in [7, 11) is 0. The van der Waals surface area contributed by atoms with Gasteiger partial charge in [-0.1, -0.05) is 20.8 Å². The van der Waals surface area contributed by atoms with Crippen LogP contribution in [0.2, 0.25) is 0 Å². The number of carbonyl (C=O) groups excluding carboxylic acids is 1. The predicted molar refractivity (Wildman–Crippen MR) is 89.7 cm³/mol. The van der Waals surface area contributed by atoms with Crippen LogP contribution < -0.4 is 0 Å². The van der Waals surface area contributed by atoms with E-state index in [4.69, 9.17) is 23.7 Å². The minimum Gasteiger partial charge on any atom is -0.457 e. The molecule has 8 rings (SSSR count). The maximum Gasteiger partial charge on any atom is 0.334 e. The van der Waals surface area contributed by atoms with Gasteiger partial charge in [-0.25, -0.2) is 4.79 Å². The van der Waals surface area contributed by atoms with Gasteiger partial charge in [0.05, 0.1) is 6.61 Å². The molecule has 5 heterocycles. The van der Waals surface area contributed by atoms with Gasteiger partial charge >= 0.3 is 5.97 Å². The molecule has 5 fully saturated rings. The molecule has 142 valence electrons. The fraction of sp³-hybridized carbons (Fsp3) is 0.762. The van der Waals surface area contributed by atoms with E-state index in [-0.39, 0.29) is 35.3 Å². The van der Waals surface area contributed by atoms with E-state index in [0.717, 1.165) is 24.0 Å². The van der Waals surface area contributed by atoms with Crippen molar-refractivity contribution >= 4 is 5.97 Å². The molecule has 8 atom stereocenters. The van der Waals surface area contributed by atoms with Gasteiger partial charge in [-0.05, 0) is 30.4 Å². The van der Waals surface area contributed by atoms with Crippen LogP contribution in [-0.4, -0.2) is 59.9 Å². The molecule has 0 amide bonds. The second-order valence-corrected chi connectivity index (χ2v) is 10.1. The summed E-state index contributed by atoms with van der Waals surface area (Å²) in [5, 5.41) is 0. The number of rotatable bonds is 1. The lowest BCUT2D eigenvalue weighted by Crippen LogP contribution is -2.69. The Morgan fingerprint density at radius 3 is 2.67 bits per heavy atom. The first-order valence-electron chi connectivity index (χ1n) is 10.2. The molecule has 3 spiro atoms. The number of cyclic esters (lactones) is 1. The molecule has 5 aliphatic heterocycles. The molecule has 4 saturated heterocycles. The number of fused-ring (bicyclic) bond motifs is 5. The van der Waals surface area contributed by atoms with Gasteiger partial charge in [0, 0.05) is 16.6 Å². The van der Waals surface area contributed by atoms with Crippen molar-refractivity contribution < 1.29 is 28.5 Å². The maximum atomic E-state index is 12.1. The molecular formula is C21H22O6. The summed E-state index contributed by atoms with van der Waals surface area (Å²) < 4.78 is 31.2. The van der Waals surface area contributed by atoms with Crippen LogP contribution in [0.4, 0.5) is 0 Å². The van der Waals surface area contributed by atoms with Crippen LogP contribution in [0.1, 0.15) is 33.6 Å². The van der Waals surface area contributed by atoms with Gasteiger partial charge in [-0.15, -0.1) is 0 Å². The Morgan fingerprint density at radius 1 is 1.11 bits per heavy atom. The highest BCUT2D eigenvalue weighted by molar-refractivity contribution is 5.94. The number of carbonyl (C=O) groups is 1. The van der Waals surface area contributed by atoms with Crippen molar-refractivity contribution in [1.82, 2.24) is 0 Å². The van der Waals surface area contributed by atoms with Crippen LogP contribution >= 0.6 is 0 Å². The average Bonchev–Trinajstić information content (AvgIpc) is 3.43. The lowest BCUT2D eigenvalue weighted by Gasteiger charge is -2.50. The topological polar surface area (TPSA) is 76.4 Å². The van der Waals surface area contributed by atoms with E-state index in [1.165, 1.54) is 5.57 Å². The highest BCUT2D eigenvalue weighted by Crippen LogP contribution is 2.86. The predicted octanol–water partition coefficient (Wildman–Crippen LogP) is 1.43. The van der Waals surface area contributed by atoms with Crippen LogP contribution in [-0.2, 0) is 28.5 Å². The quantitative estimate of drug-likeness (QED) is 0.513. The van der Waals surface area contributed by atoms with Crippen LogP contribution in [0.5, 0.6) is 0 Å². The Hall–Kier alpha value is -1.21. The van der Waals surface area contributed by atoms with Crippen molar-refractivity contribution in [2.75, 3.05) is 13.2 Å². The van der Waals surface area contributed by atoms with E-state index < -0.39 is 16.8 Å². The van der Waals surface area contributed by atoms with Gasteiger partial charge in [0.15, 0.2) is 11.2 Å². The van der Waals surface area contributed by atoms with Gasteiger partial charge in [0.25, 0.3) is 0 Å². The third kappa shape index (κ3) is 1.07. The van der Waals surface area contributed by atoms with Crippen molar-refractivity contribution in [2.24, 2.45) is 11.3 Å². The first-order chi connectivity index (χ1) is 12.9. The van der Waals surface area contributed by atoms with Gasteiger partial charge in [0.1, 0.15) is 36.1 Å². The van der Waals surface area contributed by atoms with Crippen molar-refractivity contribution in [3.05, 3.63) is 22.8 Å². The summed E-state index contributed by atoms with van der Waals surface area (Å²) in [4.78, 5) is 12.1. The van der Waals surface area contributed by atoms with Gasteiger partial charge < -0.3 is 23.7 Å². The maximum absolute atomic E-state index is 12.1. The smallest absolute Gasteiger partial charge is 0.334 e. The average molecular weight is 370 g/mol. The first-order valence-corrected chi connectivity index (χ1v) is 10.2. The monoisotopic (exact) mass is 370 g/mol. The molecule has 8 aliphatic rings. The Balaban J connectivity index is 1.37. The zero-order valence-corrected chi connectivity index (χ0v) is 15.7. The Labute approximate surface area is 156 Å². The Kier molecular flexibility index (Phi) is 1.94. The first kappa shape index (κ1) is 14.7. The Morgan fingerprint density at radius 2 is 1.93 bits per heavy atom. The van der Waals surface area contributed by atoms with Crippen LogP contribution in [0.3, 0.4) is 0 Å². The third-order valence-corrected chi connectivity index (χ3v) is 9.24. The molecule has 27 heavy (non-hydrogen) atoms. The minimum absolute atomic E-state index is 0.0311. The molecule has 0 bridgehead atoms. The van der Waals surface area contributed by atoms with Crippen LogP contribution in [0.25, 0.3) is 0 Å². The van der Waals surface area contributed by atoms with Crippen LogP contribution in [0.15, 0.2) is 22.8 Å². The SMILES string of the molecule is CC(C)[C@]12O[C@H]1[C@@H]1OC13C1(O[C@H]1C=C1C4=C(CC[C@@]13C)C(=O)OC4)[C@]21CO1. The second kappa shape index (κ2) is 3.56. The van der Waals surface area contributed by atoms with Gasteiger partial charge in [-0.2, -0.15) is 0 Å². The molecule has 3 aliphatic carbocycles. The number of ether oxygens (including phenoxy) is 5. The van der Waals surface area contributed by atoms with E-state index in [1.54, 1.807) is 0 Å². The molecule has 0 aromatic carbocycles. The van der Waals surface area contributed by atoms with Crippen molar-refractivity contribution in [1.29, 1.82) is 0 Å². The summed E-state index contributed by atoms with van der Waals surface area (Å²) in [5.41, 5.74) is 1.42. The van der Waals surface area contributed by atoms with Crippen molar-refractivity contribution in [3.63, 3.8) is 0 Å². The minimum atomic E-state index is -0.443. The number of esters is 1. The molecule has 2 unspecified atom stereocenters. The van der Waals surface area contributed by atoms with Gasteiger partial charge in [-0.3, -0.25) is 0 Å². The van der Waals surface area contributed by atoms with E-state index in [9.17, 15) is 4.79 Å². The lowest BCUT2D eigenvalue weighted by atomic mass is 9.48. The fourth-order valence-electron chi connectivity index (χ4n) is 7.95. The highest BCUT2D eigenvalue weighted by atomic mass is 16.8. The number of hydrogen-bond donors (Lipinski definition) is 0. The summed E-state index contributed by atoms with van der Waals surface area (Å²) in [5.74, 6) is 0.202. The van der Waals surface area contributed by atoms with Crippen LogP contribution in [0, 0.1) is 11.3 Å². The largest absolute Gasteiger partial charge is 0.457 e. The molecule has 1 saturated carbocycles. The molecule has 0 N–H and O–H groups in total. The molecule has 0 aromatic rings. The highest BCUT2D eigenvalue weighted by Gasteiger charge is 3.06. The molecule has 6 heteroatoms. The Bertz CT molecular complexity index is 944. The van der Waals surface area contributed by atoms with Crippen molar-refractivity contribution in [2.45, 2.75) is 74.3 Å². The fourth-order valence-corrected chi connectivity index (χ4v) is 7.95.